The zero-order valence-corrected chi connectivity index (χ0v) is 12.6. The molecule has 0 fully saturated rings. The van der Waals surface area contributed by atoms with Gasteiger partial charge in [-0.25, -0.2) is 4.98 Å². The number of nitrogens with zero attached hydrogens (tertiary/aromatic N) is 2. The van der Waals surface area contributed by atoms with E-state index >= 15 is 0 Å². The fourth-order valence-corrected chi connectivity index (χ4v) is 2.21. The lowest BCUT2D eigenvalue weighted by atomic mass is 10.1. The SMILES string of the molecule is COc1ccc(-c2n[nH]c([C@H](N)c3ccc(C)cc3)n2)cc1. The van der Waals surface area contributed by atoms with Crippen LogP contribution in [0.3, 0.4) is 0 Å². The predicted octanol–water partition coefficient (Wildman–Crippen LogP) is 2.84. The molecule has 0 radical (unpaired) electrons. The maximum Gasteiger partial charge on any atom is 0.181 e. The molecule has 0 unspecified atom stereocenters. The zero-order chi connectivity index (χ0) is 15.5. The number of benzene rings is 2. The monoisotopic (exact) mass is 294 g/mol. The Morgan fingerprint density at radius 1 is 1.05 bits per heavy atom. The smallest absolute Gasteiger partial charge is 0.181 e. The van der Waals surface area contributed by atoms with E-state index in [1.54, 1.807) is 7.11 Å². The maximum atomic E-state index is 6.25. The molecule has 0 aliphatic carbocycles. The summed E-state index contributed by atoms with van der Waals surface area (Å²) in [4.78, 5) is 4.50. The molecule has 0 amide bonds. The van der Waals surface area contributed by atoms with E-state index in [0.717, 1.165) is 16.9 Å². The number of nitrogens with two attached hydrogens (primary N) is 1. The summed E-state index contributed by atoms with van der Waals surface area (Å²) in [6, 6.07) is 15.4. The molecule has 1 atom stereocenters. The normalized spacial score (nSPS) is 12.1. The molecule has 0 spiro atoms. The number of ether oxygens (including phenoxy) is 1. The molecule has 0 saturated heterocycles. The molecule has 5 nitrogen and oxygen atoms in total. The first-order valence-electron chi connectivity index (χ1n) is 7.06. The van der Waals surface area contributed by atoms with Gasteiger partial charge < -0.3 is 10.5 Å². The van der Waals surface area contributed by atoms with Gasteiger partial charge >= 0.3 is 0 Å². The van der Waals surface area contributed by atoms with E-state index in [-0.39, 0.29) is 6.04 Å². The Balaban J connectivity index is 1.84. The molecule has 3 N–H and O–H groups in total. The third-order valence-corrected chi connectivity index (χ3v) is 3.58. The fourth-order valence-electron chi connectivity index (χ4n) is 2.21. The van der Waals surface area contributed by atoms with Gasteiger partial charge in [0.05, 0.1) is 13.2 Å². The van der Waals surface area contributed by atoms with Gasteiger partial charge in [0, 0.05) is 5.56 Å². The molecule has 3 rings (SSSR count). The first kappa shape index (κ1) is 14.3. The van der Waals surface area contributed by atoms with Gasteiger partial charge in [-0.05, 0) is 36.8 Å². The second-order valence-corrected chi connectivity index (χ2v) is 5.16. The summed E-state index contributed by atoms with van der Waals surface area (Å²) < 4.78 is 5.15. The molecule has 0 bridgehead atoms. The molecule has 0 aliphatic rings. The highest BCUT2D eigenvalue weighted by Crippen LogP contribution is 2.22. The van der Waals surface area contributed by atoms with E-state index in [4.69, 9.17) is 10.5 Å². The average molecular weight is 294 g/mol. The van der Waals surface area contributed by atoms with Crippen molar-refractivity contribution in [1.29, 1.82) is 0 Å². The second-order valence-electron chi connectivity index (χ2n) is 5.16. The third kappa shape index (κ3) is 2.84. The van der Waals surface area contributed by atoms with Crippen LogP contribution in [0.2, 0.25) is 0 Å². The van der Waals surface area contributed by atoms with Crippen molar-refractivity contribution in [3.8, 4) is 17.1 Å². The number of rotatable bonds is 4. The number of hydrogen-bond acceptors (Lipinski definition) is 4. The van der Waals surface area contributed by atoms with Gasteiger partial charge in [0.2, 0.25) is 0 Å². The third-order valence-electron chi connectivity index (χ3n) is 3.58. The molecule has 22 heavy (non-hydrogen) atoms. The summed E-state index contributed by atoms with van der Waals surface area (Å²) >= 11 is 0. The van der Waals surface area contributed by atoms with E-state index in [1.165, 1.54) is 5.56 Å². The van der Waals surface area contributed by atoms with E-state index in [9.17, 15) is 0 Å². The van der Waals surface area contributed by atoms with Crippen LogP contribution in [0, 0.1) is 6.92 Å². The summed E-state index contributed by atoms with van der Waals surface area (Å²) in [6.07, 6.45) is 0. The molecular weight excluding hydrogens is 276 g/mol. The summed E-state index contributed by atoms with van der Waals surface area (Å²) in [5.74, 6) is 2.07. The summed E-state index contributed by atoms with van der Waals surface area (Å²) in [5.41, 5.74) is 9.37. The number of aromatic amines is 1. The van der Waals surface area contributed by atoms with Gasteiger partial charge in [0.15, 0.2) is 5.82 Å². The van der Waals surface area contributed by atoms with Crippen molar-refractivity contribution in [2.45, 2.75) is 13.0 Å². The van der Waals surface area contributed by atoms with Crippen LogP contribution in [0.15, 0.2) is 48.5 Å². The van der Waals surface area contributed by atoms with Crippen molar-refractivity contribution >= 4 is 0 Å². The Morgan fingerprint density at radius 3 is 2.36 bits per heavy atom. The first-order valence-corrected chi connectivity index (χ1v) is 7.06. The number of nitrogens with one attached hydrogen (secondary N) is 1. The van der Waals surface area contributed by atoms with Crippen molar-refractivity contribution in [2.75, 3.05) is 7.11 Å². The minimum atomic E-state index is -0.319. The predicted molar refractivity (Wildman–Crippen MR) is 85.6 cm³/mol. The van der Waals surface area contributed by atoms with Crippen LogP contribution in [0.4, 0.5) is 0 Å². The van der Waals surface area contributed by atoms with Crippen LogP contribution in [0.1, 0.15) is 23.0 Å². The quantitative estimate of drug-likeness (QED) is 0.775. The number of hydrogen-bond donors (Lipinski definition) is 2. The summed E-state index contributed by atoms with van der Waals surface area (Å²) in [5, 5.41) is 7.18. The Hall–Kier alpha value is -2.66. The van der Waals surface area contributed by atoms with E-state index in [2.05, 4.69) is 15.2 Å². The Bertz CT molecular complexity index is 747. The average Bonchev–Trinajstić information content (AvgIpc) is 3.05. The molecule has 5 heteroatoms. The van der Waals surface area contributed by atoms with Gasteiger partial charge in [-0.15, -0.1) is 0 Å². The molecule has 1 heterocycles. The highest BCUT2D eigenvalue weighted by atomic mass is 16.5. The Morgan fingerprint density at radius 2 is 1.73 bits per heavy atom. The van der Waals surface area contributed by atoms with Crippen molar-refractivity contribution in [1.82, 2.24) is 15.2 Å². The molecule has 0 aliphatic heterocycles. The highest BCUT2D eigenvalue weighted by molar-refractivity contribution is 5.56. The maximum absolute atomic E-state index is 6.25. The zero-order valence-electron chi connectivity index (χ0n) is 12.6. The number of methoxy groups -OCH3 is 1. The standard InChI is InChI=1S/C17H18N4O/c1-11-3-5-12(6-4-11)15(18)17-19-16(20-21-17)13-7-9-14(22-2)10-8-13/h3-10,15H,18H2,1-2H3,(H,19,20,21)/t15-/m1/s1. The van der Waals surface area contributed by atoms with Crippen LogP contribution in [-0.4, -0.2) is 22.3 Å². The summed E-state index contributed by atoms with van der Waals surface area (Å²) in [7, 11) is 1.64. The molecule has 0 saturated carbocycles. The van der Waals surface area contributed by atoms with Crippen LogP contribution in [-0.2, 0) is 0 Å². The van der Waals surface area contributed by atoms with Crippen LogP contribution >= 0.6 is 0 Å². The lowest BCUT2D eigenvalue weighted by Crippen LogP contribution is -2.13. The van der Waals surface area contributed by atoms with Crippen molar-refractivity contribution in [2.24, 2.45) is 5.73 Å². The highest BCUT2D eigenvalue weighted by Gasteiger charge is 2.14. The Labute approximate surface area is 129 Å². The number of H-pyrrole nitrogens is 1. The molecule has 2 aromatic carbocycles. The van der Waals surface area contributed by atoms with Crippen molar-refractivity contribution < 1.29 is 4.74 Å². The minimum Gasteiger partial charge on any atom is -0.497 e. The number of aromatic nitrogens is 3. The summed E-state index contributed by atoms with van der Waals surface area (Å²) in [6.45, 7) is 2.05. The lowest BCUT2D eigenvalue weighted by Gasteiger charge is -2.08. The van der Waals surface area contributed by atoms with Gasteiger partial charge in [0.25, 0.3) is 0 Å². The van der Waals surface area contributed by atoms with Crippen LogP contribution in [0.5, 0.6) is 5.75 Å². The van der Waals surface area contributed by atoms with Gasteiger partial charge in [-0.3, -0.25) is 5.10 Å². The van der Waals surface area contributed by atoms with E-state index in [0.29, 0.717) is 11.6 Å². The van der Waals surface area contributed by atoms with E-state index in [1.807, 2.05) is 55.5 Å². The molecular formula is C17H18N4O. The molecule has 1 aromatic heterocycles. The number of aryl methyl sites for hydroxylation is 1. The topological polar surface area (TPSA) is 76.8 Å². The largest absolute Gasteiger partial charge is 0.497 e. The first-order chi connectivity index (χ1) is 10.7. The van der Waals surface area contributed by atoms with Crippen LogP contribution in [0.25, 0.3) is 11.4 Å². The van der Waals surface area contributed by atoms with Gasteiger partial charge in [-0.2, -0.15) is 5.10 Å². The second kappa shape index (κ2) is 5.99. The van der Waals surface area contributed by atoms with Gasteiger partial charge in [0.1, 0.15) is 11.6 Å². The fraction of sp³-hybridized carbons (Fsp3) is 0.176. The molecule has 112 valence electrons. The van der Waals surface area contributed by atoms with Crippen molar-refractivity contribution in [3.63, 3.8) is 0 Å². The van der Waals surface area contributed by atoms with Crippen LogP contribution < -0.4 is 10.5 Å². The lowest BCUT2D eigenvalue weighted by molar-refractivity contribution is 0.415. The minimum absolute atomic E-state index is 0.319. The van der Waals surface area contributed by atoms with E-state index < -0.39 is 0 Å². The van der Waals surface area contributed by atoms with Gasteiger partial charge in [-0.1, -0.05) is 29.8 Å². The Kier molecular flexibility index (Phi) is 3.89. The molecule has 3 aromatic rings. The van der Waals surface area contributed by atoms with Crippen molar-refractivity contribution in [3.05, 3.63) is 65.5 Å².